The van der Waals surface area contributed by atoms with Crippen molar-refractivity contribution < 1.29 is 13.5 Å². The van der Waals surface area contributed by atoms with E-state index in [0.717, 1.165) is 6.26 Å². The number of sulfone groups is 1. The Hall–Kier alpha value is -0.620. The van der Waals surface area contributed by atoms with Crippen LogP contribution in [0.3, 0.4) is 0 Å². The Morgan fingerprint density at radius 3 is 2.56 bits per heavy atom. The van der Waals surface area contributed by atoms with Crippen LogP contribution in [0.4, 0.5) is 0 Å². The number of rotatable bonds is 4. The molecule has 6 heteroatoms. The number of halogens is 1. The van der Waals surface area contributed by atoms with Gasteiger partial charge in [0.25, 0.3) is 0 Å². The fraction of sp³-hybridized carbons (Fsp3) is 0.400. The van der Waals surface area contributed by atoms with E-state index in [4.69, 9.17) is 22.4 Å². The van der Waals surface area contributed by atoms with Gasteiger partial charge >= 0.3 is 0 Å². The van der Waals surface area contributed by atoms with Crippen LogP contribution < -0.4 is 5.73 Å². The summed E-state index contributed by atoms with van der Waals surface area (Å²) in [4.78, 5) is 0. The van der Waals surface area contributed by atoms with Crippen LogP contribution in [-0.2, 0) is 9.84 Å². The second-order valence-corrected chi connectivity index (χ2v) is 6.33. The maximum atomic E-state index is 11.4. The molecule has 3 N–H and O–H groups in total. The maximum Gasteiger partial charge on any atom is 0.154 e. The number of aliphatic hydroxyl groups is 1. The normalized spacial score (nSPS) is 15.8. The summed E-state index contributed by atoms with van der Waals surface area (Å²) in [6.45, 7) is -0.507. The molecule has 0 heterocycles. The van der Waals surface area contributed by atoms with Crippen molar-refractivity contribution in [1.82, 2.24) is 0 Å². The molecule has 0 fully saturated rings. The van der Waals surface area contributed by atoms with E-state index in [0.29, 0.717) is 10.6 Å². The van der Waals surface area contributed by atoms with Crippen LogP contribution in [0.15, 0.2) is 24.3 Å². The molecule has 90 valence electrons. The van der Waals surface area contributed by atoms with Gasteiger partial charge in [0, 0.05) is 17.3 Å². The van der Waals surface area contributed by atoms with E-state index in [1.54, 1.807) is 24.3 Å². The predicted octanol–water partition coefficient (Wildman–Crippen LogP) is 0.745. The molecule has 4 nitrogen and oxygen atoms in total. The van der Waals surface area contributed by atoms with Crippen molar-refractivity contribution in [2.75, 3.05) is 12.9 Å². The molecule has 0 radical (unpaired) electrons. The number of benzene rings is 1. The monoisotopic (exact) mass is 263 g/mol. The smallest absolute Gasteiger partial charge is 0.154 e. The van der Waals surface area contributed by atoms with Gasteiger partial charge in [0.15, 0.2) is 9.84 Å². The fourth-order valence-corrected chi connectivity index (χ4v) is 2.60. The minimum Gasteiger partial charge on any atom is -0.395 e. The summed E-state index contributed by atoms with van der Waals surface area (Å²) in [7, 11) is -3.39. The van der Waals surface area contributed by atoms with Crippen LogP contribution >= 0.6 is 11.6 Å². The average Bonchev–Trinajstić information content (AvgIpc) is 2.16. The van der Waals surface area contributed by atoms with Crippen molar-refractivity contribution in [3.05, 3.63) is 34.9 Å². The molecule has 0 spiro atoms. The molecular formula is C10H14ClNO3S. The first-order valence-electron chi connectivity index (χ1n) is 4.67. The van der Waals surface area contributed by atoms with E-state index in [9.17, 15) is 8.42 Å². The lowest BCUT2D eigenvalue weighted by molar-refractivity contribution is 0.278. The zero-order chi connectivity index (χ0) is 12.3. The van der Waals surface area contributed by atoms with Crippen LogP contribution in [0, 0.1) is 0 Å². The highest BCUT2D eigenvalue weighted by Crippen LogP contribution is 2.21. The maximum absolute atomic E-state index is 11.4. The van der Waals surface area contributed by atoms with E-state index in [1.807, 2.05) is 0 Å². The molecule has 0 amide bonds. The summed E-state index contributed by atoms with van der Waals surface area (Å²) in [6.07, 6.45) is 1.05. The van der Waals surface area contributed by atoms with Crippen LogP contribution in [0.5, 0.6) is 0 Å². The van der Waals surface area contributed by atoms with E-state index >= 15 is 0 Å². The van der Waals surface area contributed by atoms with E-state index in [2.05, 4.69) is 0 Å². The highest BCUT2D eigenvalue weighted by atomic mass is 35.5. The lowest BCUT2D eigenvalue weighted by Gasteiger charge is -2.20. The number of aliphatic hydroxyl groups excluding tert-OH is 1. The minimum atomic E-state index is -3.39. The van der Waals surface area contributed by atoms with Gasteiger partial charge in [0.2, 0.25) is 0 Å². The SMILES string of the molecule is CS(=O)(=O)[C@@H](CO)[C@@H](N)c1cccc(Cl)c1. The van der Waals surface area contributed by atoms with Gasteiger partial charge in [-0.15, -0.1) is 0 Å². The van der Waals surface area contributed by atoms with E-state index in [1.165, 1.54) is 0 Å². The highest BCUT2D eigenvalue weighted by molar-refractivity contribution is 7.91. The zero-order valence-electron chi connectivity index (χ0n) is 8.80. The molecule has 0 saturated heterocycles. The second-order valence-electron chi connectivity index (χ2n) is 3.63. The van der Waals surface area contributed by atoms with Crippen LogP contribution in [-0.4, -0.2) is 31.6 Å². The molecule has 0 aliphatic heterocycles. The van der Waals surface area contributed by atoms with Crippen molar-refractivity contribution in [3.8, 4) is 0 Å². The number of hydrogen-bond donors (Lipinski definition) is 2. The first-order valence-corrected chi connectivity index (χ1v) is 7.00. The minimum absolute atomic E-state index is 0.484. The molecule has 0 aliphatic rings. The molecular weight excluding hydrogens is 250 g/mol. The van der Waals surface area contributed by atoms with Gasteiger partial charge in [0.1, 0.15) is 5.25 Å². The Morgan fingerprint density at radius 2 is 2.12 bits per heavy atom. The van der Waals surface area contributed by atoms with Gasteiger partial charge in [-0.2, -0.15) is 0 Å². The van der Waals surface area contributed by atoms with Crippen LogP contribution in [0.1, 0.15) is 11.6 Å². The van der Waals surface area contributed by atoms with Crippen LogP contribution in [0.2, 0.25) is 5.02 Å². The quantitative estimate of drug-likeness (QED) is 0.840. The standard InChI is InChI=1S/C10H14ClNO3S/c1-16(14,15)9(6-13)10(12)7-3-2-4-8(11)5-7/h2-5,9-10,13H,6,12H2,1H3/t9-,10-/m0/s1. The Labute approximate surface area is 100.0 Å². The van der Waals surface area contributed by atoms with Gasteiger partial charge < -0.3 is 10.8 Å². The molecule has 1 aromatic rings. The third-order valence-corrected chi connectivity index (χ3v) is 4.14. The molecule has 1 aromatic carbocycles. The molecule has 0 aliphatic carbocycles. The number of nitrogens with two attached hydrogens (primary N) is 1. The Balaban J connectivity index is 3.05. The van der Waals surface area contributed by atoms with E-state index < -0.39 is 27.7 Å². The average molecular weight is 264 g/mol. The first-order chi connectivity index (χ1) is 7.36. The molecule has 0 saturated carbocycles. The van der Waals surface area contributed by atoms with Gasteiger partial charge in [-0.3, -0.25) is 0 Å². The van der Waals surface area contributed by atoms with E-state index in [-0.39, 0.29) is 0 Å². The van der Waals surface area contributed by atoms with Crippen molar-refractivity contribution in [3.63, 3.8) is 0 Å². The third kappa shape index (κ3) is 3.18. The lowest BCUT2D eigenvalue weighted by atomic mass is 10.1. The van der Waals surface area contributed by atoms with Crippen molar-refractivity contribution in [2.45, 2.75) is 11.3 Å². The topological polar surface area (TPSA) is 80.4 Å². The summed E-state index contributed by atoms with van der Waals surface area (Å²) in [5.74, 6) is 0. The molecule has 2 atom stereocenters. The van der Waals surface area contributed by atoms with Gasteiger partial charge in [-0.1, -0.05) is 23.7 Å². The molecule has 1 rings (SSSR count). The molecule has 0 aromatic heterocycles. The third-order valence-electron chi connectivity index (χ3n) is 2.36. The van der Waals surface area contributed by atoms with Crippen molar-refractivity contribution in [1.29, 1.82) is 0 Å². The van der Waals surface area contributed by atoms with Crippen LogP contribution in [0.25, 0.3) is 0 Å². The Bertz CT molecular complexity index is 461. The summed E-state index contributed by atoms with van der Waals surface area (Å²) in [6, 6.07) is 5.86. The summed E-state index contributed by atoms with van der Waals surface area (Å²) >= 11 is 5.78. The summed E-state index contributed by atoms with van der Waals surface area (Å²) in [5.41, 5.74) is 6.40. The summed E-state index contributed by atoms with van der Waals surface area (Å²) < 4.78 is 22.8. The van der Waals surface area contributed by atoms with Gasteiger partial charge in [-0.05, 0) is 17.7 Å². The lowest BCUT2D eigenvalue weighted by Crippen LogP contribution is -2.36. The largest absolute Gasteiger partial charge is 0.395 e. The van der Waals surface area contributed by atoms with Crippen molar-refractivity contribution in [2.24, 2.45) is 5.73 Å². The highest BCUT2D eigenvalue weighted by Gasteiger charge is 2.28. The second kappa shape index (κ2) is 5.14. The Kier molecular flexibility index (Phi) is 4.32. The Morgan fingerprint density at radius 1 is 1.50 bits per heavy atom. The molecule has 0 unspecified atom stereocenters. The molecule has 16 heavy (non-hydrogen) atoms. The zero-order valence-corrected chi connectivity index (χ0v) is 10.4. The molecule has 0 bridgehead atoms. The van der Waals surface area contributed by atoms with Gasteiger partial charge in [-0.25, -0.2) is 8.42 Å². The van der Waals surface area contributed by atoms with Gasteiger partial charge in [0.05, 0.1) is 6.61 Å². The predicted molar refractivity (Wildman–Crippen MR) is 64.1 cm³/mol. The first kappa shape index (κ1) is 13.4. The number of hydrogen-bond acceptors (Lipinski definition) is 4. The fourth-order valence-electron chi connectivity index (χ4n) is 1.44. The summed E-state index contributed by atoms with van der Waals surface area (Å²) in [5, 5.41) is 8.55. The van der Waals surface area contributed by atoms with Crippen molar-refractivity contribution >= 4 is 21.4 Å².